The zero-order valence-electron chi connectivity index (χ0n) is 37.0. The average molecular weight is 731 g/mol. The molecule has 3 aromatic carbocycles. The van der Waals surface area contributed by atoms with Crippen LogP contribution in [0.25, 0.3) is 0 Å². The van der Waals surface area contributed by atoms with Gasteiger partial charge in [0.15, 0.2) is 0 Å². The molecule has 0 aliphatic heterocycles. The number of unbranched alkanes of at least 4 members (excludes halogenated alkanes) is 8. The Morgan fingerprint density at radius 1 is 0.259 bits per heavy atom. The van der Waals surface area contributed by atoms with E-state index in [1.54, 1.807) is 89.0 Å². The lowest BCUT2D eigenvalue weighted by Gasteiger charge is -2.34. The van der Waals surface area contributed by atoms with E-state index in [-0.39, 0.29) is 0 Å². The molecule has 5 rings (SSSR count). The first kappa shape index (κ1) is 42.8. The summed E-state index contributed by atoms with van der Waals surface area (Å²) >= 11 is 0. The third-order valence-electron chi connectivity index (χ3n) is 13.6. The van der Waals surface area contributed by atoms with Crippen molar-refractivity contribution in [1.82, 2.24) is 0 Å². The topological polar surface area (TPSA) is 0 Å². The van der Waals surface area contributed by atoms with Crippen molar-refractivity contribution in [2.45, 2.75) is 235 Å². The van der Waals surface area contributed by atoms with E-state index in [0.29, 0.717) is 0 Å². The van der Waals surface area contributed by atoms with Crippen LogP contribution in [0, 0.1) is 0 Å². The molecule has 0 N–H and O–H groups in total. The molecule has 0 fully saturated rings. The molecular weight excluding hydrogens is 649 g/mol. The quantitative estimate of drug-likeness (QED) is 0.0593. The summed E-state index contributed by atoms with van der Waals surface area (Å²) < 4.78 is 0. The lowest BCUT2D eigenvalue weighted by Crippen LogP contribution is -2.22. The van der Waals surface area contributed by atoms with E-state index in [4.69, 9.17) is 0 Å². The lowest BCUT2D eigenvalue weighted by molar-refractivity contribution is 0.702. The zero-order chi connectivity index (χ0) is 38.5. The van der Waals surface area contributed by atoms with Gasteiger partial charge in [-0.25, -0.2) is 0 Å². The maximum Gasteiger partial charge on any atom is -0.00170 e. The van der Waals surface area contributed by atoms with Crippen LogP contribution < -0.4 is 0 Å². The Labute approximate surface area is 335 Å². The molecule has 2 aliphatic carbocycles. The Bertz CT molecular complexity index is 1410. The van der Waals surface area contributed by atoms with Crippen LogP contribution in [-0.2, 0) is 77.0 Å². The number of rotatable bonds is 24. The third-order valence-corrected chi connectivity index (χ3v) is 13.6. The molecule has 0 saturated carbocycles. The molecule has 2 aliphatic rings. The summed E-state index contributed by atoms with van der Waals surface area (Å²) in [5.74, 6) is 0. The highest BCUT2D eigenvalue weighted by atomic mass is 14.4. The number of benzene rings is 3. The van der Waals surface area contributed by atoms with Gasteiger partial charge in [0.2, 0.25) is 0 Å². The standard InChI is InChI=1S/C54H82/c1-9-17-25-43-44(26-18-10-2)48(30-22-14-6)52-36-40-34-42-38-54-50(32-24-16-8)46(28-20-12-4)45(27-19-11-3)49(31-23-15-7)53(54)37-41(42)33-39(40)35-51(52)47(43)29-21-13-5/h33-34H,9-32,35-38H2,1-8H3. The van der Waals surface area contributed by atoms with Crippen LogP contribution in [0.4, 0.5) is 0 Å². The predicted molar refractivity (Wildman–Crippen MR) is 239 cm³/mol. The molecular formula is C54H82. The van der Waals surface area contributed by atoms with Crippen LogP contribution in [0.5, 0.6) is 0 Å². The molecule has 0 radical (unpaired) electrons. The van der Waals surface area contributed by atoms with E-state index in [1.807, 2.05) is 0 Å². The monoisotopic (exact) mass is 731 g/mol. The molecule has 0 saturated heterocycles. The third kappa shape index (κ3) is 9.78. The first-order chi connectivity index (χ1) is 26.5. The molecule has 54 heavy (non-hydrogen) atoms. The van der Waals surface area contributed by atoms with Crippen LogP contribution in [0.1, 0.15) is 247 Å². The molecule has 0 atom stereocenters. The van der Waals surface area contributed by atoms with Crippen LogP contribution >= 0.6 is 0 Å². The van der Waals surface area contributed by atoms with Gasteiger partial charge in [0.05, 0.1) is 0 Å². The van der Waals surface area contributed by atoms with Crippen LogP contribution in [-0.4, -0.2) is 0 Å². The Hall–Kier alpha value is -2.34. The number of fused-ring (bicyclic) bond motifs is 4. The van der Waals surface area contributed by atoms with E-state index in [1.165, 1.54) is 154 Å². The van der Waals surface area contributed by atoms with Gasteiger partial charge < -0.3 is 0 Å². The zero-order valence-corrected chi connectivity index (χ0v) is 37.0. The molecule has 3 aromatic rings. The van der Waals surface area contributed by atoms with Crippen LogP contribution in [0.2, 0.25) is 0 Å². The molecule has 0 spiro atoms. The Balaban J connectivity index is 1.68. The summed E-state index contributed by atoms with van der Waals surface area (Å²) in [7, 11) is 0. The molecule has 0 heterocycles. The summed E-state index contributed by atoms with van der Waals surface area (Å²) in [6.07, 6.45) is 35.8. The highest BCUT2D eigenvalue weighted by Gasteiger charge is 2.31. The molecule has 0 unspecified atom stereocenters. The van der Waals surface area contributed by atoms with Crippen molar-refractivity contribution < 1.29 is 0 Å². The Morgan fingerprint density at radius 2 is 0.426 bits per heavy atom. The average Bonchev–Trinajstić information content (AvgIpc) is 3.18. The molecule has 0 bridgehead atoms. The summed E-state index contributed by atoms with van der Waals surface area (Å²) in [5.41, 5.74) is 28.2. The minimum absolute atomic E-state index is 1.16. The number of hydrogen-bond donors (Lipinski definition) is 0. The van der Waals surface area contributed by atoms with Crippen molar-refractivity contribution >= 4 is 0 Å². The van der Waals surface area contributed by atoms with Crippen LogP contribution in [0.15, 0.2) is 12.1 Å². The van der Waals surface area contributed by atoms with Crippen molar-refractivity contribution in [3.8, 4) is 0 Å². The molecule has 0 amide bonds. The van der Waals surface area contributed by atoms with Gasteiger partial charge in [-0.2, -0.15) is 0 Å². The van der Waals surface area contributed by atoms with Gasteiger partial charge in [-0.3, -0.25) is 0 Å². The highest BCUT2D eigenvalue weighted by molar-refractivity contribution is 5.63. The van der Waals surface area contributed by atoms with Crippen molar-refractivity contribution in [3.05, 3.63) is 101 Å². The van der Waals surface area contributed by atoms with Gasteiger partial charge in [0, 0.05) is 0 Å². The first-order valence-electron chi connectivity index (χ1n) is 24.0. The van der Waals surface area contributed by atoms with Gasteiger partial charge in [-0.05, 0) is 217 Å². The summed E-state index contributed by atoms with van der Waals surface area (Å²) in [5, 5.41) is 0. The van der Waals surface area contributed by atoms with Crippen molar-refractivity contribution in [2.75, 3.05) is 0 Å². The fourth-order valence-corrected chi connectivity index (χ4v) is 10.5. The maximum atomic E-state index is 2.76. The van der Waals surface area contributed by atoms with E-state index in [2.05, 4.69) is 67.5 Å². The van der Waals surface area contributed by atoms with Crippen molar-refractivity contribution in [3.63, 3.8) is 0 Å². The summed E-state index contributed by atoms with van der Waals surface area (Å²) in [4.78, 5) is 0. The second-order valence-corrected chi connectivity index (χ2v) is 17.7. The van der Waals surface area contributed by atoms with Gasteiger partial charge in [-0.1, -0.05) is 119 Å². The molecule has 298 valence electrons. The normalized spacial score (nSPS) is 13.2. The fraction of sp³-hybridized carbons (Fsp3) is 0.667. The van der Waals surface area contributed by atoms with Crippen molar-refractivity contribution in [2.24, 2.45) is 0 Å². The SMILES string of the molecule is CCCCc1c(CCCC)c(CCCC)c2c(c1CCCC)Cc1cc3c(cc1C2)Cc1c(CCCC)c(CCCC)c(CCCC)c(CCCC)c1C3. The smallest absolute Gasteiger partial charge is 0.00170 e. The molecule has 0 nitrogen and oxygen atoms in total. The van der Waals surface area contributed by atoms with Gasteiger partial charge in [-0.15, -0.1) is 0 Å². The highest BCUT2D eigenvalue weighted by Crippen LogP contribution is 2.43. The largest absolute Gasteiger partial charge is 0.0654 e. The summed E-state index contributed by atoms with van der Waals surface area (Å²) in [6, 6.07) is 5.52. The summed E-state index contributed by atoms with van der Waals surface area (Å²) in [6.45, 7) is 19.2. The second-order valence-electron chi connectivity index (χ2n) is 17.7. The van der Waals surface area contributed by atoms with Crippen LogP contribution in [0.3, 0.4) is 0 Å². The fourth-order valence-electron chi connectivity index (χ4n) is 10.5. The van der Waals surface area contributed by atoms with Gasteiger partial charge in [0.1, 0.15) is 0 Å². The Morgan fingerprint density at radius 3 is 0.593 bits per heavy atom. The van der Waals surface area contributed by atoms with E-state index < -0.39 is 0 Å². The van der Waals surface area contributed by atoms with E-state index >= 15 is 0 Å². The minimum Gasteiger partial charge on any atom is -0.0654 e. The van der Waals surface area contributed by atoms with Gasteiger partial charge >= 0.3 is 0 Å². The molecule has 0 heteroatoms. The number of hydrogen-bond acceptors (Lipinski definition) is 0. The maximum absolute atomic E-state index is 2.76. The second kappa shape index (κ2) is 21.8. The predicted octanol–water partition coefficient (Wildman–Crippen LogP) is 15.4. The van der Waals surface area contributed by atoms with Crippen molar-refractivity contribution in [1.29, 1.82) is 0 Å². The van der Waals surface area contributed by atoms with E-state index in [9.17, 15) is 0 Å². The minimum atomic E-state index is 1.16. The van der Waals surface area contributed by atoms with E-state index in [0.717, 1.165) is 25.7 Å². The lowest BCUT2D eigenvalue weighted by atomic mass is 9.71. The Kier molecular flexibility index (Phi) is 17.3. The van der Waals surface area contributed by atoms with Gasteiger partial charge in [0.25, 0.3) is 0 Å². The first-order valence-corrected chi connectivity index (χ1v) is 24.0. The molecule has 0 aromatic heterocycles.